The summed E-state index contributed by atoms with van der Waals surface area (Å²) in [7, 11) is 0. The molecular formula is C16H17BrN2. The number of rotatable bonds is 2. The van der Waals surface area contributed by atoms with E-state index in [1.165, 1.54) is 31.1 Å². The van der Waals surface area contributed by atoms with E-state index in [1.807, 2.05) is 24.3 Å². The van der Waals surface area contributed by atoms with Crippen molar-refractivity contribution in [1.29, 1.82) is 0 Å². The second-order valence-electron chi connectivity index (χ2n) is 5.13. The van der Waals surface area contributed by atoms with Gasteiger partial charge < -0.3 is 5.73 Å². The summed E-state index contributed by atoms with van der Waals surface area (Å²) in [6.07, 6.45) is 4.93. The van der Waals surface area contributed by atoms with E-state index in [0.29, 0.717) is 5.92 Å². The van der Waals surface area contributed by atoms with Gasteiger partial charge in [-0.3, -0.25) is 0 Å². The highest BCUT2D eigenvalue weighted by molar-refractivity contribution is 9.10. The Balaban J connectivity index is 2.05. The molecule has 1 fully saturated rings. The van der Waals surface area contributed by atoms with Gasteiger partial charge in [0.15, 0.2) is 0 Å². The van der Waals surface area contributed by atoms with Crippen molar-refractivity contribution < 1.29 is 0 Å². The first-order valence-electron chi connectivity index (χ1n) is 6.77. The predicted molar refractivity (Wildman–Crippen MR) is 84.9 cm³/mol. The number of hydrogen-bond acceptors (Lipinski definition) is 1. The molecule has 0 unspecified atom stereocenters. The number of halogens is 1. The first-order valence-corrected chi connectivity index (χ1v) is 7.56. The van der Waals surface area contributed by atoms with Crippen molar-refractivity contribution in [2.24, 2.45) is 16.6 Å². The van der Waals surface area contributed by atoms with Gasteiger partial charge in [0.1, 0.15) is 5.84 Å². The quantitative estimate of drug-likeness (QED) is 0.628. The maximum Gasteiger partial charge on any atom is 0.103 e. The lowest BCUT2D eigenvalue weighted by atomic mass is 10.1. The van der Waals surface area contributed by atoms with E-state index in [-0.39, 0.29) is 0 Å². The minimum Gasteiger partial charge on any atom is -0.387 e. The Morgan fingerprint density at radius 2 is 1.74 bits per heavy atom. The number of hydrogen-bond donors (Lipinski definition) is 1. The standard InChI is InChI=1S/C16H17BrN2/c17-14-9-10-15(13-8-4-3-7-12(13)14)19-16(18)11-5-1-2-6-11/h3-4,7-11H,1-2,5-6H2,(H2,18,19). The van der Waals surface area contributed by atoms with Crippen LogP contribution in [-0.4, -0.2) is 5.84 Å². The average molecular weight is 317 g/mol. The Kier molecular flexibility index (Phi) is 3.56. The van der Waals surface area contributed by atoms with Gasteiger partial charge in [0.25, 0.3) is 0 Å². The molecule has 2 aromatic carbocycles. The minimum absolute atomic E-state index is 0.474. The fourth-order valence-corrected chi connectivity index (χ4v) is 3.27. The van der Waals surface area contributed by atoms with Crippen LogP contribution in [0.1, 0.15) is 25.7 Å². The molecule has 0 amide bonds. The Labute approximate surface area is 121 Å². The van der Waals surface area contributed by atoms with Crippen LogP contribution in [0.15, 0.2) is 45.9 Å². The first-order chi connectivity index (χ1) is 9.25. The Morgan fingerprint density at radius 3 is 2.47 bits per heavy atom. The molecular weight excluding hydrogens is 300 g/mol. The molecule has 0 atom stereocenters. The molecule has 0 bridgehead atoms. The van der Waals surface area contributed by atoms with Crippen LogP contribution in [0.25, 0.3) is 10.8 Å². The fourth-order valence-electron chi connectivity index (χ4n) is 2.80. The summed E-state index contributed by atoms with van der Waals surface area (Å²) in [6, 6.07) is 12.4. The summed E-state index contributed by atoms with van der Waals surface area (Å²) in [5.74, 6) is 1.27. The highest BCUT2D eigenvalue weighted by Gasteiger charge is 2.18. The van der Waals surface area contributed by atoms with E-state index < -0.39 is 0 Å². The molecule has 19 heavy (non-hydrogen) atoms. The molecule has 3 rings (SSSR count). The van der Waals surface area contributed by atoms with Crippen LogP contribution < -0.4 is 5.73 Å². The normalized spacial score (nSPS) is 17.2. The third-order valence-corrected chi connectivity index (χ3v) is 4.56. The van der Waals surface area contributed by atoms with Gasteiger partial charge in [-0.2, -0.15) is 0 Å². The van der Waals surface area contributed by atoms with Crippen LogP contribution in [0.5, 0.6) is 0 Å². The lowest BCUT2D eigenvalue weighted by Crippen LogP contribution is -2.20. The van der Waals surface area contributed by atoms with Crippen molar-refractivity contribution in [1.82, 2.24) is 0 Å². The van der Waals surface area contributed by atoms with E-state index in [4.69, 9.17) is 5.73 Å². The van der Waals surface area contributed by atoms with Gasteiger partial charge in [0.2, 0.25) is 0 Å². The van der Waals surface area contributed by atoms with Crippen molar-refractivity contribution in [3.63, 3.8) is 0 Å². The first kappa shape index (κ1) is 12.7. The molecule has 1 aliphatic rings. The smallest absolute Gasteiger partial charge is 0.103 e. The van der Waals surface area contributed by atoms with Crippen LogP contribution in [0.2, 0.25) is 0 Å². The summed E-state index contributed by atoms with van der Waals surface area (Å²) in [4.78, 5) is 4.68. The maximum atomic E-state index is 6.18. The molecule has 2 aromatic rings. The number of benzene rings is 2. The van der Waals surface area contributed by atoms with Gasteiger partial charge in [-0.1, -0.05) is 53.0 Å². The average Bonchev–Trinajstić information content (AvgIpc) is 2.96. The predicted octanol–water partition coefficient (Wildman–Crippen LogP) is 4.78. The van der Waals surface area contributed by atoms with Crippen LogP contribution in [0.3, 0.4) is 0 Å². The summed E-state index contributed by atoms with van der Waals surface area (Å²) < 4.78 is 1.10. The molecule has 0 spiro atoms. The topological polar surface area (TPSA) is 38.4 Å². The Morgan fingerprint density at radius 1 is 1.05 bits per heavy atom. The second-order valence-corrected chi connectivity index (χ2v) is 5.98. The maximum absolute atomic E-state index is 6.18. The monoisotopic (exact) mass is 316 g/mol. The van der Waals surface area contributed by atoms with E-state index in [0.717, 1.165) is 21.4 Å². The van der Waals surface area contributed by atoms with E-state index in [1.54, 1.807) is 0 Å². The molecule has 0 heterocycles. The van der Waals surface area contributed by atoms with E-state index >= 15 is 0 Å². The van der Waals surface area contributed by atoms with E-state index in [2.05, 4.69) is 33.1 Å². The molecule has 0 aromatic heterocycles. The van der Waals surface area contributed by atoms with Crippen molar-refractivity contribution in [3.05, 3.63) is 40.9 Å². The van der Waals surface area contributed by atoms with Gasteiger partial charge in [-0.05, 0) is 30.4 Å². The van der Waals surface area contributed by atoms with Crippen LogP contribution in [0, 0.1) is 5.92 Å². The summed E-state index contributed by atoms with van der Waals surface area (Å²) in [5, 5.41) is 2.33. The van der Waals surface area contributed by atoms with Crippen LogP contribution >= 0.6 is 15.9 Å². The van der Waals surface area contributed by atoms with Crippen molar-refractivity contribution in [2.75, 3.05) is 0 Å². The van der Waals surface area contributed by atoms with Crippen molar-refractivity contribution in [2.45, 2.75) is 25.7 Å². The van der Waals surface area contributed by atoms with Crippen LogP contribution in [0.4, 0.5) is 5.69 Å². The number of nitrogens with zero attached hydrogens (tertiary/aromatic N) is 1. The molecule has 98 valence electrons. The molecule has 0 radical (unpaired) electrons. The minimum atomic E-state index is 0.474. The molecule has 0 aliphatic heterocycles. The zero-order valence-electron chi connectivity index (χ0n) is 10.8. The number of aliphatic imine (C=N–C) groups is 1. The SMILES string of the molecule is NC(=Nc1ccc(Br)c2ccccc12)C1CCCC1. The third kappa shape index (κ3) is 2.52. The summed E-state index contributed by atoms with van der Waals surface area (Å²) >= 11 is 3.58. The highest BCUT2D eigenvalue weighted by Crippen LogP contribution is 2.33. The molecule has 2 nitrogen and oxygen atoms in total. The molecule has 1 saturated carbocycles. The zero-order valence-corrected chi connectivity index (χ0v) is 12.4. The van der Waals surface area contributed by atoms with Gasteiger partial charge in [0.05, 0.1) is 5.69 Å². The fraction of sp³-hybridized carbons (Fsp3) is 0.312. The number of fused-ring (bicyclic) bond motifs is 1. The number of amidine groups is 1. The van der Waals surface area contributed by atoms with Crippen molar-refractivity contribution in [3.8, 4) is 0 Å². The largest absolute Gasteiger partial charge is 0.387 e. The molecule has 3 heteroatoms. The van der Waals surface area contributed by atoms with Crippen molar-refractivity contribution >= 4 is 38.2 Å². The highest BCUT2D eigenvalue weighted by atomic mass is 79.9. The summed E-state index contributed by atoms with van der Waals surface area (Å²) in [5.41, 5.74) is 7.15. The lowest BCUT2D eigenvalue weighted by Gasteiger charge is -2.10. The van der Waals surface area contributed by atoms with E-state index in [9.17, 15) is 0 Å². The summed E-state index contributed by atoms with van der Waals surface area (Å²) in [6.45, 7) is 0. The lowest BCUT2D eigenvalue weighted by molar-refractivity contribution is 0.722. The van der Waals surface area contributed by atoms with Gasteiger partial charge in [-0.25, -0.2) is 4.99 Å². The molecule has 2 N–H and O–H groups in total. The number of nitrogens with two attached hydrogens (primary N) is 1. The van der Waals surface area contributed by atoms with Gasteiger partial charge in [0, 0.05) is 15.8 Å². The van der Waals surface area contributed by atoms with Crippen LogP contribution in [-0.2, 0) is 0 Å². The Bertz CT molecular complexity index is 628. The molecule has 1 aliphatic carbocycles. The third-order valence-electron chi connectivity index (χ3n) is 3.87. The zero-order chi connectivity index (χ0) is 13.2. The van der Waals surface area contributed by atoms with Gasteiger partial charge >= 0.3 is 0 Å². The second kappa shape index (κ2) is 5.33. The van der Waals surface area contributed by atoms with Gasteiger partial charge in [-0.15, -0.1) is 0 Å². The molecule has 0 saturated heterocycles. The Hall–Kier alpha value is -1.35.